The summed E-state index contributed by atoms with van der Waals surface area (Å²) in [5.74, 6) is -6.24. The number of rotatable bonds is 3. The number of likely N-dealkylation sites (tertiary alicyclic amines) is 1. The first-order valence-electron chi connectivity index (χ1n) is 6.85. The average molecular weight is 315 g/mol. The molecule has 0 aromatic heterocycles. The van der Waals surface area contributed by atoms with E-state index < -0.39 is 48.9 Å². The molecule has 120 valence electrons. The van der Waals surface area contributed by atoms with Crippen molar-refractivity contribution in [2.45, 2.75) is 19.0 Å². The molecule has 0 spiro atoms. The zero-order valence-corrected chi connectivity index (χ0v) is 11.9. The Morgan fingerprint density at radius 2 is 1.82 bits per heavy atom. The highest BCUT2D eigenvalue weighted by atomic mass is 19.4. The standard InChI is InChI=1S/C15H16F3NO3/c1-9(10-5-3-2-4-6-10)13(20)19-7-11(14(21)22)12(8-19)15(16,17)18/h2-6,9,11-12H,7-8H2,1H3,(H,21,22)/t9-,11-,12-/m1/s1. The molecule has 1 N–H and O–H groups in total. The van der Waals surface area contributed by atoms with Gasteiger partial charge < -0.3 is 10.0 Å². The topological polar surface area (TPSA) is 57.6 Å². The summed E-state index contributed by atoms with van der Waals surface area (Å²) in [6.45, 7) is 0.598. The Morgan fingerprint density at radius 3 is 2.27 bits per heavy atom. The van der Waals surface area contributed by atoms with E-state index in [1.165, 1.54) is 0 Å². The lowest BCUT2D eigenvalue weighted by atomic mass is 9.96. The molecule has 1 amide bonds. The smallest absolute Gasteiger partial charge is 0.394 e. The molecule has 7 heteroatoms. The van der Waals surface area contributed by atoms with Gasteiger partial charge in [-0.05, 0) is 12.5 Å². The van der Waals surface area contributed by atoms with E-state index in [1.54, 1.807) is 37.3 Å². The van der Waals surface area contributed by atoms with Crippen molar-refractivity contribution >= 4 is 11.9 Å². The van der Waals surface area contributed by atoms with E-state index in [4.69, 9.17) is 5.11 Å². The lowest BCUT2D eigenvalue weighted by Crippen LogP contribution is -2.34. The average Bonchev–Trinajstić information content (AvgIpc) is 2.92. The van der Waals surface area contributed by atoms with Crippen LogP contribution in [0.2, 0.25) is 0 Å². The van der Waals surface area contributed by atoms with Gasteiger partial charge in [0.05, 0.1) is 17.8 Å². The van der Waals surface area contributed by atoms with Crippen molar-refractivity contribution in [2.24, 2.45) is 11.8 Å². The highest BCUT2D eigenvalue weighted by Crippen LogP contribution is 2.38. The Bertz CT molecular complexity index is 559. The van der Waals surface area contributed by atoms with Crippen LogP contribution < -0.4 is 0 Å². The van der Waals surface area contributed by atoms with Crippen molar-refractivity contribution in [3.05, 3.63) is 35.9 Å². The maximum absolute atomic E-state index is 12.9. The molecule has 1 saturated heterocycles. The maximum atomic E-state index is 12.9. The first-order chi connectivity index (χ1) is 10.2. The van der Waals surface area contributed by atoms with Crippen LogP contribution in [0.4, 0.5) is 13.2 Å². The molecule has 2 rings (SSSR count). The van der Waals surface area contributed by atoms with E-state index >= 15 is 0 Å². The Hall–Kier alpha value is -2.05. The fraction of sp³-hybridized carbons (Fsp3) is 0.467. The lowest BCUT2D eigenvalue weighted by Gasteiger charge is -2.21. The van der Waals surface area contributed by atoms with Gasteiger partial charge in [0, 0.05) is 13.1 Å². The number of carboxylic acids is 1. The van der Waals surface area contributed by atoms with Gasteiger partial charge in [-0.1, -0.05) is 30.3 Å². The number of hydrogen-bond acceptors (Lipinski definition) is 2. The molecule has 1 aliphatic heterocycles. The number of carbonyl (C=O) groups excluding carboxylic acids is 1. The van der Waals surface area contributed by atoms with Gasteiger partial charge in [0.25, 0.3) is 0 Å². The molecular formula is C15H16F3NO3. The number of nitrogens with zero attached hydrogens (tertiary/aromatic N) is 1. The molecule has 1 aliphatic rings. The van der Waals surface area contributed by atoms with Gasteiger partial charge in [-0.25, -0.2) is 0 Å². The maximum Gasteiger partial charge on any atom is 0.394 e. The van der Waals surface area contributed by atoms with Gasteiger partial charge in [-0.2, -0.15) is 13.2 Å². The zero-order chi connectivity index (χ0) is 16.5. The van der Waals surface area contributed by atoms with Crippen molar-refractivity contribution in [3.63, 3.8) is 0 Å². The van der Waals surface area contributed by atoms with Crippen LogP contribution in [0, 0.1) is 11.8 Å². The zero-order valence-electron chi connectivity index (χ0n) is 11.9. The fourth-order valence-corrected chi connectivity index (χ4v) is 2.72. The van der Waals surface area contributed by atoms with Crippen LogP contribution in [0.1, 0.15) is 18.4 Å². The molecule has 22 heavy (non-hydrogen) atoms. The van der Waals surface area contributed by atoms with Crippen LogP contribution in [0.15, 0.2) is 30.3 Å². The highest BCUT2D eigenvalue weighted by Gasteiger charge is 2.53. The summed E-state index contributed by atoms with van der Waals surface area (Å²) in [6, 6.07) is 8.68. The summed E-state index contributed by atoms with van der Waals surface area (Å²) in [5.41, 5.74) is 0.690. The van der Waals surface area contributed by atoms with Crippen molar-refractivity contribution in [1.82, 2.24) is 4.90 Å². The summed E-state index contributed by atoms with van der Waals surface area (Å²) in [5, 5.41) is 8.96. The van der Waals surface area contributed by atoms with Crippen LogP contribution >= 0.6 is 0 Å². The number of halogens is 3. The highest BCUT2D eigenvalue weighted by molar-refractivity contribution is 5.84. The monoisotopic (exact) mass is 315 g/mol. The normalized spacial score (nSPS) is 23.4. The molecular weight excluding hydrogens is 299 g/mol. The van der Waals surface area contributed by atoms with E-state index in [0.29, 0.717) is 5.56 Å². The van der Waals surface area contributed by atoms with Gasteiger partial charge in [-0.3, -0.25) is 9.59 Å². The van der Waals surface area contributed by atoms with Crippen molar-refractivity contribution in [1.29, 1.82) is 0 Å². The van der Waals surface area contributed by atoms with Crippen molar-refractivity contribution < 1.29 is 27.9 Å². The third-order valence-corrected chi connectivity index (χ3v) is 4.04. The number of hydrogen-bond donors (Lipinski definition) is 1. The molecule has 0 radical (unpaired) electrons. The van der Waals surface area contributed by atoms with E-state index in [0.717, 1.165) is 4.90 Å². The molecule has 0 saturated carbocycles. The molecule has 0 aliphatic carbocycles. The molecule has 1 heterocycles. The van der Waals surface area contributed by atoms with Gasteiger partial charge in [0.15, 0.2) is 0 Å². The molecule has 1 aromatic rings. The Balaban J connectivity index is 2.16. The van der Waals surface area contributed by atoms with E-state index in [9.17, 15) is 22.8 Å². The lowest BCUT2D eigenvalue weighted by molar-refractivity contribution is -0.188. The van der Waals surface area contributed by atoms with Crippen LogP contribution in [0.3, 0.4) is 0 Å². The van der Waals surface area contributed by atoms with Crippen LogP contribution in [-0.4, -0.2) is 41.1 Å². The Morgan fingerprint density at radius 1 is 1.23 bits per heavy atom. The number of amides is 1. The molecule has 0 unspecified atom stereocenters. The second-order valence-corrected chi connectivity index (χ2v) is 5.47. The fourth-order valence-electron chi connectivity index (χ4n) is 2.72. The number of carbonyl (C=O) groups is 2. The third-order valence-electron chi connectivity index (χ3n) is 4.04. The molecule has 1 fully saturated rings. The van der Waals surface area contributed by atoms with E-state index in [-0.39, 0.29) is 0 Å². The van der Waals surface area contributed by atoms with Crippen LogP contribution in [0.5, 0.6) is 0 Å². The van der Waals surface area contributed by atoms with Crippen LogP contribution in [0.25, 0.3) is 0 Å². The minimum atomic E-state index is -4.63. The third kappa shape index (κ3) is 3.23. The Kier molecular flexibility index (Phi) is 4.44. The Labute approximate surface area is 125 Å². The summed E-state index contributed by atoms with van der Waals surface area (Å²) in [7, 11) is 0. The van der Waals surface area contributed by atoms with Crippen LogP contribution in [-0.2, 0) is 9.59 Å². The van der Waals surface area contributed by atoms with Gasteiger partial charge >= 0.3 is 12.1 Å². The number of alkyl halides is 3. The predicted octanol–water partition coefficient (Wildman–Crippen LogP) is 2.51. The molecule has 0 bridgehead atoms. The molecule has 3 atom stereocenters. The number of carboxylic acid groups (broad SMARTS) is 1. The quantitative estimate of drug-likeness (QED) is 0.932. The van der Waals surface area contributed by atoms with E-state index in [1.807, 2.05) is 0 Å². The van der Waals surface area contributed by atoms with Gasteiger partial charge in [-0.15, -0.1) is 0 Å². The van der Waals surface area contributed by atoms with E-state index in [2.05, 4.69) is 0 Å². The molecule has 4 nitrogen and oxygen atoms in total. The van der Waals surface area contributed by atoms with Gasteiger partial charge in [0.1, 0.15) is 0 Å². The second kappa shape index (κ2) is 5.98. The SMILES string of the molecule is C[C@@H](C(=O)N1C[C@@H](C(F)(F)F)[C@H](C(=O)O)C1)c1ccccc1. The largest absolute Gasteiger partial charge is 0.481 e. The minimum Gasteiger partial charge on any atom is -0.481 e. The second-order valence-electron chi connectivity index (χ2n) is 5.47. The van der Waals surface area contributed by atoms with Crippen molar-refractivity contribution in [2.75, 3.05) is 13.1 Å². The van der Waals surface area contributed by atoms with Crippen molar-refractivity contribution in [3.8, 4) is 0 Å². The summed E-state index contributed by atoms with van der Waals surface area (Å²) >= 11 is 0. The summed E-state index contributed by atoms with van der Waals surface area (Å²) < 4.78 is 38.8. The first-order valence-corrected chi connectivity index (χ1v) is 6.85. The minimum absolute atomic E-state index is 0.407. The summed E-state index contributed by atoms with van der Waals surface area (Å²) in [4.78, 5) is 24.4. The van der Waals surface area contributed by atoms with Gasteiger partial charge in [0.2, 0.25) is 5.91 Å². The number of benzene rings is 1. The molecule has 1 aromatic carbocycles. The number of aliphatic carboxylic acids is 1. The first kappa shape index (κ1) is 16.3. The summed E-state index contributed by atoms with van der Waals surface area (Å²) in [6.07, 6.45) is -4.63. The predicted molar refractivity (Wildman–Crippen MR) is 72.1 cm³/mol.